The lowest BCUT2D eigenvalue weighted by atomic mass is 9.94. The Morgan fingerprint density at radius 3 is 2.26 bits per heavy atom. The summed E-state index contributed by atoms with van der Waals surface area (Å²) < 4.78 is 10.8. The van der Waals surface area contributed by atoms with E-state index >= 15 is 0 Å². The summed E-state index contributed by atoms with van der Waals surface area (Å²) >= 11 is 0. The maximum Gasteiger partial charge on any atom is 0.410 e. The van der Waals surface area contributed by atoms with Gasteiger partial charge >= 0.3 is 18.1 Å². The fraction of sp³-hybridized carbons (Fsp3) is 0.560. The Hall–Kier alpha value is -3.07. The zero-order valence-electron chi connectivity index (χ0n) is 20.8. The monoisotopic (exact) mass is 472 g/mol. The summed E-state index contributed by atoms with van der Waals surface area (Å²) in [5.74, 6) is -0.457. The Balaban J connectivity index is 1.79. The van der Waals surface area contributed by atoms with Crippen LogP contribution in [0.3, 0.4) is 0 Å². The predicted molar refractivity (Wildman–Crippen MR) is 128 cm³/mol. The highest BCUT2D eigenvalue weighted by molar-refractivity contribution is 5.95. The number of hydrogen-bond donors (Lipinski definition) is 2. The van der Waals surface area contributed by atoms with E-state index in [1.54, 1.807) is 11.8 Å². The molecular formula is C25H36N4O5. The van der Waals surface area contributed by atoms with Crippen LogP contribution in [0.1, 0.15) is 51.8 Å². The summed E-state index contributed by atoms with van der Waals surface area (Å²) in [4.78, 5) is 41.7. The number of amides is 3. The SMILES string of the molecule is CCOC(=O)C1=C(CN2CCN(C(=O)OC(C)(C)C)CC2)NC(=O)N[C@@H]1c1ccc(CC)cc1. The Morgan fingerprint density at radius 2 is 1.71 bits per heavy atom. The van der Waals surface area contributed by atoms with Crippen molar-refractivity contribution in [1.29, 1.82) is 0 Å². The summed E-state index contributed by atoms with van der Waals surface area (Å²) in [6.07, 6.45) is 0.573. The van der Waals surface area contributed by atoms with Gasteiger partial charge in [-0.05, 0) is 45.2 Å². The number of aryl methyl sites for hydroxylation is 1. The van der Waals surface area contributed by atoms with Gasteiger partial charge in [0.1, 0.15) is 5.60 Å². The minimum atomic E-state index is -0.600. The Kier molecular flexibility index (Phi) is 8.19. The van der Waals surface area contributed by atoms with E-state index in [9.17, 15) is 14.4 Å². The van der Waals surface area contributed by atoms with E-state index in [-0.39, 0.29) is 18.7 Å². The van der Waals surface area contributed by atoms with Crippen LogP contribution in [-0.4, -0.2) is 72.8 Å². The number of benzene rings is 1. The average Bonchev–Trinajstić information content (AvgIpc) is 2.78. The zero-order chi connectivity index (χ0) is 24.9. The first kappa shape index (κ1) is 25.6. The second-order valence-corrected chi connectivity index (χ2v) is 9.48. The van der Waals surface area contributed by atoms with Crippen LogP contribution in [0.4, 0.5) is 9.59 Å². The summed E-state index contributed by atoms with van der Waals surface area (Å²) in [7, 11) is 0. The smallest absolute Gasteiger partial charge is 0.410 e. The molecule has 0 spiro atoms. The molecule has 2 N–H and O–H groups in total. The lowest BCUT2D eigenvalue weighted by Gasteiger charge is -2.37. The second kappa shape index (κ2) is 10.9. The van der Waals surface area contributed by atoms with Gasteiger partial charge in [0, 0.05) is 38.4 Å². The second-order valence-electron chi connectivity index (χ2n) is 9.48. The van der Waals surface area contributed by atoms with E-state index in [1.165, 1.54) is 5.56 Å². The number of hydrogen-bond acceptors (Lipinski definition) is 6. The molecule has 2 heterocycles. The van der Waals surface area contributed by atoms with Gasteiger partial charge in [-0.3, -0.25) is 4.90 Å². The Morgan fingerprint density at radius 1 is 1.06 bits per heavy atom. The van der Waals surface area contributed by atoms with Gasteiger partial charge in [-0.15, -0.1) is 0 Å². The van der Waals surface area contributed by atoms with Crippen LogP contribution in [0.2, 0.25) is 0 Å². The maximum atomic E-state index is 13.0. The molecule has 1 saturated heterocycles. The molecule has 9 nitrogen and oxygen atoms in total. The number of esters is 1. The number of ether oxygens (including phenoxy) is 2. The first-order chi connectivity index (χ1) is 16.1. The van der Waals surface area contributed by atoms with Crippen molar-refractivity contribution in [2.45, 2.75) is 52.7 Å². The molecule has 3 rings (SSSR count). The molecule has 2 aliphatic heterocycles. The van der Waals surface area contributed by atoms with E-state index in [1.807, 2.05) is 45.0 Å². The summed E-state index contributed by atoms with van der Waals surface area (Å²) in [5.41, 5.74) is 2.38. The highest BCUT2D eigenvalue weighted by Gasteiger charge is 2.35. The van der Waals surface area contributed by atoms with Crippen molar-refractivity contribution in [3.05, 3.63) is 46.7 Å². The molecule has 0 saturated carbocycles. The van der Waals surface area contributed by atoms with Gasteiger partial charge in [-0.25, -0.2) is 14.4 Å². The van der Waals surface area contributed by atoms with Crippen LogP contribution < -0.4 is 10.6 Å². The van der Waals surface area contributed by atoms with Crippen molar-refractivity contribution in [1.82, 2.24) is 20.4 Å². The molecule has 0 aromatic heterocycles. The minimum Gasteiger partial charge on any atom is -0.463 e. The molecule has 1 atom stereocenters. The van der Waals surface area contributed by atoms with Gasteiger partial charge in [-0.2, -0.15) is 0 Å². The maximum absolute atomic E-state index is 13.0. The zero-order valence-corrected chi connectivity index (χ0v) is 20.8. The van der Waals surface area contributed by atoms with E-state index in [0.717, 1.165) is 12.0 Å². The fourth-order valence-corrected chi connectivity index (χ4v) is 4.03. The topological polar surface area (TPSA) is 100 Å². The number of piperazine rings is 1. The van der Waals surface area contributed by atoms with Crippen molar-refractivity contribution in [3.8, 4) is 0 Å². The standard InChI is InChI=1S/C25H36N4O5/c1-6-17-8-10-18(11-9-17)21-20(22(30)33-7-2)19(26-23(31)27-21)16-28-12-14-29(15-13-28)24(32)34-25(3,4)5/h8-11,21H,6-7,12-16H2,1-5H3,(H2,26,27,31)/t21-/m1/s1. The van der Waals surface area contributed by atoms with Gasteiger partial charge in [0.15, 0.2) is 0 Å². The Bertz CT molecular complexity index is 928. The number of nitrogens with zero attached hydrogens (tertiary/aromatic N) is 2. The predicted octanol–water partition coefficient (Wildman–Crippen LogP) is 2.97. The molecule has 0 bridgehead atoms. The Labute approximate surface area is 201 Å². The third kappa shape index (κ3) is 6.50. The molecule has 0 radical (unpaired) electrons. The van der Waals surface area contributed by atoms with Crippen LogP contribution in [0, 0.1) is 0 Å². The number of urea groups is 1. The molecule has 3 amide bonds. The summed E-state index contributed by atoms with van der Waals surface area (Å²) in [6, 6.07) is 6.91. The third-order valence-electron chi connectivity index (χ3n) is 5.78. The van der Waals surface area contributed by atoms with Crippen molar-refractivity contribution in [2.24, 2.45) is 0 Å². The molecular weight excluding hydrogens is 436 g/mol. The van der Waals surface area contributed by atoms with E-state index in [2.05, 4.69) is 22.5 Å². The molecule has 186 valence electrons. The lowest BCUT2D eigenvalue weighted by molar-refractivity contribution is -0.139. The van der Waals surface area contributed by atoms with E-state index in [0.29, 0.717) is 44.0 Å². The van der Waals surface area contributed by atoms with E-state index < -0.39 is 17.6 Å². The first-order valence-electron chi connectivity index (χ1n) is 11.9. The molecule has 0 unspecified atom stereocenters. The molecule has 2 aliphatic rings. The van der Waals surface area contributed by atoms with Gasteiger partial charge in [0.25, 0.3) is 0 Å². The molecule has 1 aromatic carbocycles. The summed E-state index contributed by atoms with van der Waals surface area (Å²) in [5, 5.41) is 5.70. The van der Waals surface area contributed by atoms with Gasteiger partial charge in [0.05, 0.1) is 18.2 Å². The average molecular weight is 473 g/mol. The van der Waals surface area contributed by atoms with Gasteiger partial charge < -0.3 is 25.0 Å². The molecule has 9 heteroatoms. The normalized spacial score (nSPS) is 19.4. The van der Waals surface area contributed by atoms with Crippen LogP contribution in [-0.2, 0) is 20.7 Å². The largest absolute Gasteiger partial charge is 0.463 e. The lowest BCUT2D eigenvalue weighted by Crippen LogP contribution is -2.53. The first-order valence-corrected chi connectivity index (χ1v) is 11.9. The van der Waals surface area contributed by atoms with Gasteiger partial charge in [0.2, 0.25) is 0 Å². The quantitative estimate of drug-likeness (QED) is 0.618. The molecule has 1 aromatic rings. The minimum absolute atomic E-state index is 0.236. The third-order valence-corrected chi connectivity index (χ3v) is 5.78. The van der Waals surface area contributed by atoms with Crippen molar-refractivity contribution >= 4 is 18.1 Å². The molecule has 1 fully saturated rings. The number of nitrogens with one attached hydrogen (secondary N) is 2. The van der Waals surface area contributed by atoms with Crippen LogP contribution in [0.15, 0.2) is 35.5 Å². The molecule has 0 aliphatic carbocycles. The summed E-state index contributed by atoms with van der Waals surface area (Å²) in [6.45, 7) is 12.2. The highest BCUT2D eigenvalue weighted by Crippen LogP contribution is 2.29. The highest BCUT2D eigenvalue weighted by atomic mass is 16.6. The van der Waals surface area contributed by atoms with Crippen LogP contribution >= 0.6 is 0 Å². The van der Waals surface area contributed by atoms with Gasteiger partial charge in [-0.1, -0.05) is 31.2 Å². The number of rotatable bonds is 6. The van der Waals surface area contributed by atoms with Crippen molar-refractivity contribution < 1.29 is 23.9 Å². The van der Waals surface area contributed by atoms with Crippen LogP contribution in [0.5, 0.6) is 0 Å². The van der Waals surface area contributed by atoms with Crippen LogP contribution in [0.25, 0.3) is 0 Å². The fourth-order valence-electron chi connectivity index (χ4n) is 4.03. The van der Waals surface area contributed by atoms with E-state index in [4.69, 9.17) is 9.47 Å². The molecule has 34 heavy (non-hydrogen) atoms. The van der Waals surface area contributed by atoms with Crippen molar-refractivity contribution in [2.75, 3.05) is 39.3 Å². The van der Waals surface area contributed by atoms with Crippen molar-refractivity contribution in [3.63, 3.8) is 0 Å². The number of carbonyl (C=O) groups is 3. The number of carbonyl (C=O) groups excluding carboxylic acids is 3.